The van der Waals surface area contributed by atoms with Crippen LogP contribution in [0.4, 0.5) is 5.69 Å². The quantitative estimate of drug-likeness (QED) is 0.505. The standard InChI is InChI=1S/C23H21Cl2N3O2/c1-14-12-19(24)18(22(25)26-14)13-21(29)28-20-11-7-6-10-17(20)23(30)27-15(2)16-8-4-3-5-9-16/h3-12,15H,13H2,1-2H3,(H,27,30)(H,28,29). The summed E-state index contributed by atoms with van der Waals surface area (Å²) in [6, 6.07) is 18.0. The van der Waals surface area contributed by atoms with Crippen molar-refractivity contribution in [1.82, 2.24) is 10.3 Å². The third kappa shape index (κ3) is 5.38. The number of benzene rings is 2. The third-order valence-electron chi connectivity index (χ3n) is 4.58. The first kappa shape index (κ1) is 21.8. The van der Waals surface area contributed by atoms with Crippen LogP contribution in [0.15, 0.2) is 60.7 Å². The van der Waals surface area contributed by atoms with Gasteiger partial charge in [-0.15, -0.1) is 0 Å². The highest BCUT2D eigenvalue weighted by Gasteiger charge is 2.18. The van der Waals surface area contributed by atoms with Crippen LogP contribution >= 0.6 is 23.2 Å². The summed E-state index contributed by atoms with van der Waals surface area (Å²) in [6.07, 6.45) is -0.0542. The first-order valence-electron chi connectivity index (χ1n) is 9.41. The van der Waals surface area contributed by atoms with E-state index < -0.39 is 0 Å². The lowest BCUT2D eigenvalue weighted by atomic mass is 10.1. The largest absolute Gasteiger partial charge is 0.345 e. The topological polar surface area (TPSA) is 71.1 Å². The van der Waals surface area contributed by atoms with Gasteiger partial charge in [0.2, 0.25) is 5.91 Å². The molecule has 0 aliphatic rings. The van der Waals surface area contributed by atoms with Crippen molar-refractivity contribution in [2.45, 2.75) is 26.3 Å². The van der Waals surface area contributed by atoms with E-state index in [9.17, 15) is 9.59 Å². The molecular weight excluding hydrogens is 421 g/mol. The van der Waals surface area contributed by atoms with Gasteiger partial charge < -0.3 is 10.6 Å². The van der Waals surface area contributed by atoms with E-state index in [0.717, 1.165) is 5.56 Å². The minimum absolute atomic E-state index is 0.0542. The SMILES string of the molecule is Cc1cc(Cl)c(CC(=O)Nc2ccccc2C(=O)NC(C)c2ccccc2)c(Cl)n1. The Morgan fingerprint density at radius 3 is 2.40 bits per heavy atom. The molecule has 3 aromatic rings. The molecule has 0 spiro atoms. The van der Waals surface area contributed by atoms with Gasteiger partial charge in [-0.3, -0.25) is 9.59 Å². The molecule has 0 aliphatic carbocycles. The maximum atomic E-state index is 12.8. The number of nitrogens with one attached hydrogen (secondary N) is 2. The van der Waals surface area contributed by atoms with Gasteiger partial charge >= 0.3 is 0 Å². The predicted molar refractivity (Wildman–Crippen MR) is 120 cm³/mol. The van der Waals surface area contributed by atoms with Crippen LogP contribution in [-0.2, 0) is 11.2 Å². The zero-order valence-corrected chi connectivity index (χ0v) is 18.1. The molecule has 2 aromatic carbocycles. The Bertz CT molecular complexity index is 1050. The molecule has 5 nitrogen and oxygen atoms in total. The lowest BCUT2D eigenvalue weighted by molar-refractivity contribution is -0.115. The Balaban J connectivity index is 1.73. The summed E-state index contributed by atoms with van der Waals surface area (Å²) >= 11 is 12.3. The Labute approximate surface area is 185 Å². The fourth-order valence-corrected chi connectivity index (χ4v) is 3.69. The van der Waals surface area contributed by atoms with E-state index >= 15 is 0 Å². The van der Waals surface area contributed by atoms with Crippen molar-refractivity contribution in [3.63, 3.8) is 0 Å². The lowest BCUT2D eigenvalue weighted by Crippen LogP contribution is -2.28. The molecule has 0 radical (unpaired) electrons. The fourth-order valence-electron chi connectivity index (χ4n) is 3.03. The molecule has 1 heterocycles. The van der Waals surface area contributed by atoms with Gasteiger partial charge in [0.25, 0.3) is 5.91 Å². The number of para-hydroxylation sites is 1. The predicted octanol–water partition coefficient (Wildman–Crippen LogP) is 5.37. The van der Waals surface area contributed by atoms with Gasteiger partial charge in [0.1, 0.15) is 5.15 Å². The van der Waals surface area contributed by atoms with Gasteiger partial charge in [-0.05, 0) is 37.6 Å². The van der Waals surface area contributed by atoms with Gasteiger partial charge in [0.05, 0.1) is 23.7 Å². The Morgan fingerprint density at radius 2 is 1.70 bits per heavy atom. The van der Waals surface area contributed by atoms with E-state index in [1.807, 2.05) is 37.3 Å². The Morgan fingerprint density at radius 1 is 1.03 bits per heavy atom. The molecule has 30 heavy (non-hydrogen) atoms. The molecular formula is C23H21Cl2N3O2. The van der Waals surface area contributed by atoms with E-state index in [2.05, 4.69) is 15.6 Å². The molecule has 0 bridgehead atoms. The van der Waals surface area contributed by atoms with Crippen LogP contribution in [0, 0.1) is 6.92 Å². The van der Waals surface area contributed by atoms with Crippen molar-refractivity contribution in [2.75, 3.05) is 5.32 Å². The third-order valence-corrected chi connectivity index (χ3v) is 5.23. The second-order valence-corrected chi connectivity index (χ2v) is 7.66. The molecule has 0 aliphatic heterocycles. The number of hydrogen-bond donors (Lipinski definition) is 2. The van der Waals surface area contributed by atoms with Gasteiger partial charge in [-0.25, -0.2) is 4.98 Å². The van der Waals surface area contributed by atoms with E-state index in [4.69, 9.17) is 23.2 Å². The lowest BCUT2D eigenvalue weighted by Gasteiger charge is -2.16. The average Bonchev–Trinajstić information content (AvgIpc) is 2.71. The molecule has 0 saturated heterocycles. The maximum Gasteiger partial charge on any atom is 0.253 e. The summed E-state index contributed by atoms with van der Waals surface area (Å²) in [6.45, 7) is 3.68. The van der Waals surface area contributed by atoms with Crippen molar-refractivity contribution >= 4 is 40.7 Å². The van der Waals surface area contributed by atoms with E-state index in [1.165, 1.54) is 0 Å². The molecule has 2 N–H and O–H groups in total. The van der Waals surface area contributed by atoms with Gasteiger partial charge in [0, 0.05) is 16.3 Å². The van der Waals surface area contributed by atoms with E-state index in [0.29, 0.717) is 27.5 Å². The molecule has 1 unspecified atom stereocenters. The number of pyridine rings is 1. The highest BCUT2D eigenvalue weighted by atomic mass is 35.5. The molecule has 0 saturated carbocycles. The van der Waals surface area contributed by atoms with E-state index in [1.54, 1.807) is 37.3 Å². The normalized spacial score (nSPS) is 11.6. The summed E-state index contributed by atoms with van der Waals surface area (Å²) < 4.78 is 0. The summed E-state index contributed by atoms with van der Waals surface area (Å²) in [5.74, 6) is -0.629. The fraction of sp³-hybridized carbons (Fsp3) is 0.174. The number of nitrogens with zero attached hydrogens (tertiary/aromatic N) is 1. The minimum Gasteiger partial charge on any atom is -0.345 e. The Kier molecular flexibility index (Phi) is 7.08. The van der Waals surface area contributed by atoms with Crippen molar-refractivity contribution in [2.24, 2.45) is 0 Å². The number of anilines is 1. The van der Waals surface area contributed by atoms with Crippen LogP contribution in [0.5, 0.6) is 0 Å². The number of carbonyl (C=O) groups excluding carboxylic acids is 2. The van der Waals surface area contributed by atoms with Crippen LogP contribution in [0.1, 0.15) is 40.1 Å². The zero-order valence-electron chi connectivity index (χ0n) is 16.6. The monoisotopic (exact) mass is 441 g/mol. The van der Waals surface area contributed by atoms with Crippen LogP contribution in [0.2, 0.25) is 10.2 Å². The Hall–Kier alpha value is -2.89. The van der Waals surface area contributed by atoms with Crippen molar-refractivity contribution in [3.05, 3.63) is 93.2 Å². The van der Waals surface area contributed by atoms with Crippen LogP contribution < -0.4 is 10.6 Å². The van der Waals surface area contributed by atoms with E-state index in [-0.39, 0.29) is 29.4 Å². The number of amides is 2. The second kappa shape index (κ2) is 9.74. The second-order valence-electron chi connectivity index (χ2n) is 6.89. The van der Waals surface area contributed by atoms with Crippen LogP contribution in [0.25, 0.3) is 0 Å². The van der Waals surface area contributed by atoms with Crippen LogP contribution in [0.3, 0.4) is 0 Å². The average molecular weight is 442 g/mol. The molecule has 7 heteroatoms. The van der Waals surface area contributed by atoms with Gasteiger partial charge in [-0.2, -0.15) is 0 Å². The molecule has 1 atom stereocenters. The molecule has 3 rings (SSSR count). The zero-order chi connectivity index (χ0) is 21.7. The summed E-state index contributed by atoms with van der Waals surface area (Å²) in [5.41, 5.74) is 2.88. The summed E-state index contributed by atoms with van der Waals surface area (Å²) in [7, 11) is 0. The number of hydrogen-bond acceptors (Lipinski definition) is 3. The molecule has 1 aromatic heterocycles. The maximum absolute atomic E-state index is 12.8. The smallest absolute Gasteiger partial charge is 0.253 e. The first-order valence-corrected chi connectivity index (χ1v) is 10.2. The van der Waals surface area contributed by atoms with Gasteiger partial charge in [-0.1, -0.05) is 65.7 Å². The summed E-state index contributed by atoms with van der Waals surface area (Å²) in [4.78, 5) is 29.6. The highest BCUT2D eigenvalue weighted by molar-refractivity contribution is 6.35. The van der Waals surface area contributed by atoms with Crippen molar-refractivity contribution in [1.29, 1.82) is 0 Å². The number of carbonyl (C=O) groups is 2. The molecule has 0 fully saturated rings. The number of aromatic nitrogens is 1. The number of halogens is 2. The number of aryl methyl sites for hydroxylation is 1. The van der Waals surface area contributed by atoms with Crippen LogP contribution in [-0.4, -0.2) is 16.8 Å². The summed E-state index contributed by atoms with van der Waals surface area (Å²) in [5, 5.41) is 6.31. The van der Waals surface area contributed by atoms with Crippen molar-refractivity contribution in [3.8, 4) is 0 Å². The molecule has 154 valence electrons. The minimum atomic E-state index is -0.346. The first-order chi connectivity index (χ1) is 14.3. The van der Waals surface area contributed by atoms with Gasteiger partial charge in [0.15, 0.2) is 0 Å². The highest BCUT2D eigenvalue weighted by Crippen LogP contribution is 2.25. The molecule has 2 amide bonds. The number of rotatable bonds is 6. The van der Waals surface area contributed by atoms with Crippen molar-refractivity contribution < 1.29 is 9.59 Å².